The summed E-state index contributed by atoms with van der Waals surface area (Å²) in [6.07, 6.45) is 1.33. The number of hydrogen-bond acceptors (Lipinski definition) is 2. The zero-order chi connectivity index (χ0) is 9.54. The Kier molecular flexibility index (Phi) is 1.85. The van der Waals surface area contributed by atoms with E-state index in [1.807, 2.05) is 0 Å². The van der Waals surface area contributed by atoms with E-state index >= 15 is 0 Å². The second-order valence-electron chi connectivity index (χ2n) is 4.56. The van der Waals surface area contributed by atoms with Gasteiger partial charge in [-0.15, -0.1) is 0 Å². The summed E-state index contributed by atoms with van der Waals surface area (Å²) in [6, 6.07) is 11.8. The van der Waals surface area contributed by atoms with Crippen molar-refractivity contribution in [3.05, 3.63) is 35.9 Å². The van der Waals surface area contributed by atoms with Gasteiger partial charge in [-0.05, 0) is 17.9 Å². The lowest BCUT2D eigenvalue weighted by Crippen LogP contribution is -2.49. The molecule has 1 aromatic carbocycles. The predicted octanol–water partition coefficient (Wildman–Crippen LogP) is 1.22. The molecule has 1 saturated carbocycles. The van der Waals surface area contributed by atoms with E-state index in [-0.39, 0.29) is 0 Å². The molecule has 2 aliphatic heterocycles. The highest BCUT2D eigenvalue weighted by molar-refractivity contribution is 5.17. The molecular weight excluding hydrogens is 172 g/mol. The molecule has 1 aliphatic carbocycles. The van der Waals surface area contributed by atoms with Crippen molar-refractivity contribution in [3.63, 3.8) is 0 Å². The molecule has 2 bridgehead atoms. The van der Waals surface area contributed by atoms with Crippen LogP contribution in [0, 0.1) is 5.92 Å². The highest BCUT2D eigenvalue weighted by atomic mass is 15.2. The van der Waals surface area contributed by atoms with E-state index in [1.54, 1.807) is 0 Å². The summed E-state index contributed by atoms with van der Waals surface area (Å²) in [4.78, 5) is 2.53. The molecule has 0 amide bonds. The Labute approximate surface area is 84.7 Å². The third-order valence-corrected chi connectivity index (χ3v) is 3.70. The summed E-state index contributed by atoms with van der Waals surface area (Å²) in [5.74, 6) is 0.781. The van der Waals surface area contributed by atoms with Crippen LogP contribution in [-0.2, 0) is 6.54 Å². The lowest BCUT2D eigenvalue weighted by Gasteiger charge is -2.33. The van der Waals surface area contributed by atoms with Gasteiger partial charge in [0.2, 0.25) is 0 Å². The molecule has 3 aliphatic rings. The van der Waals surface area contributed by atoms with Crippen molar-refractivity contribution in [2.24, 2.45) is 11.7 Å². The maximum atomic E-state index is 6.03. The second-order valence-corrected chi connectivity index (χ2v) is 4.56. The number of hydrogen-bond donors (Lipinski definition) is 1. The van der Waals surface area contributed by atoms with Crippen molar-refractivity contribution in [2.45, 2.75) is 25.0 Å². The summed E-state index contributed by atoms with van der Waals surface area (Å²) in [5.41, 5.74) is 7.44. The van der Waals surface area contributed by atoms with Crippen molar-refractivity contribution in [1.82, 2.24) is 4.90 Å². The van der Waals surface area contributed by atoms with Crippen molar-refractivity contribution >= 4 is 0 Å². The second kappa shape index (κ2) is 3.07. The zero-order valence-electron chi connectivity index (χ0n) is 8.26. The first kappa shape index (κ1) is 8.45. The lowest BCUT2D eigenvalue weighted by molar-refractivity contribution is 0.208. The molecule has 0 radical (unpaired) electrons. The van der Waals surface area contributed by atoms with Crippen molar-refractivity contribution in [3.8, 4) is 0 Å². The third-order valence-electron chi connectivity index (χ3n) is 3.70. The normalized spacial score (nSPS) is 35.6. The van der Waals surface area contributed by atoms with Gasteiger partial charge >= 0.3 is 0 Å². The van der Waals surface area contributed by atoms with Gasteiger partial charge in [0.1, 0.15) is 0 Å². The molecule has 14 heavy (non-hydrogen) atoms. The fourth-order valence-corrected chi connectivity index (χ4v) is 2.77. The van der Waals surface area contributed by atoms with Gasteiger partial charge in [-0.3, -0.25) is 4.90 Å². The van der Waals surface area contributed by atoms with Crippen LogP contribution in [0.1, 0.15) is 12.0 Å². The van der Waals surface area contributed by atoms with Crippen LogP contribution < -0.4 is 5.73 Å². The molecule has 0 aromatic heterocycles. The molecule has 3 fully saturated rings. The first-order chi connectivity index (χ1) is 6.84. The summed E-state index contributed by atoms with van der Waals surface area (Å²) in [5, 5.41) is 0. The molecule has 3 atom stereocenters. The highest BCUT2D eigenvalue weighted by Gasteiger charge is 2.49. The summed E-state index contributed by atoms with van der Waals surface area (Å²) in [6.45, 7) is 2.29. The number of rotatable bonds is 2. The van der Waals surface area contributed by atoms with E-state index < -0.39 is 0 Å². The highest BCUT2D eigenvalue weighted by Crippen LogP contribution is 2.40. The topological polar surface area (TPSA) is 29.3 Å². The van der Waals surface area contributed by atoms with Crippen LogP contribution in [0.4, 0.5) is 0 Å². The summed E-state index contributed by atoms with van der Waals surface area (Å²) < 4.78 is 0. The van der Waals surface area contributed by atoms with Gasteiger partial charge < -0.3 is 5.73 Å². The molecule has 74 valence electrons. The number of nitrogens with zero attached hydrogens (tertiary/aromatic N) is 1. The molecule has 2 nitrogen and oxygen atoms in total. The van der Waals surface area contributed by atoms with Gasteiger partial charge in [-0.25, -0.2) is 0 Å². The van der Waals surface area contributed by atoms with E-state index in [1.165, 1.54) is 18.5 Å². The average molecular weight is 188 g/mol. The van der Waals surface area contributed by atoms with Crippen LogP contribution in [0.3, 0.4) is 0 Å². The SMILES string of the molecule is NC1C2CC1N(Cc1ccccc1)C2. The fraction of sp³-hybridized carbons (Fsp3) is 0.500. The predicted molar refractivity (Wildman–Crippen MR) is 56.7 cm³/mol. The Morgan fingerprint density at radius 1 is 1.29 bits per heavy atom. The minimum atomic E-state index is 0.457. The maximum absolute atomic E-state index is 6.03. The maximum Gasteiger partial charge on any atom is 0.0257 e. The van der Waals surface area contributed by atoms with E-state index in [9.17, 15) is 0 Å². The van der Waals surface area contributed by atoms with Crippen LogP contribution in [0.5, 0.6) is 0 Å². The van der Waals surface area contributed by atoms with Gasteiger partial charge in [0.05, 0.1) is 0 Å². The van der Waals surface area contributed by atoms with E-state index in [4.69, 9.17) is 5.73 Å². The summed E-state index contributed by atoms with van der Waals surface area (Å²) in [7, 11) is 0. The van der Waals surface area contributed by atoms with Crippen LogP contribution >= 0.6 is 0 Å². The monoisotopic (exact) mass is 188 g/mol. The lowest BCUT2D eigenvalue weighted by atomic mass is 9.81. The summed E-state index contributed by atoms with van der Waals surface area (Å²) >= 11 is 0. The van der Waals surface area contributed by atoms with Gasteiger partial charge in [0.25, 0.3) is 0 Å². The van der Waals surface area contributed by atoms with Gasteiger partial charge in [-0.2, -0.15) is 0 Å². The Morgan fingerprint density at radius 2 is 2.07 bits per heavy atom. The smallest absolute Gasteiger partial charge is 0.0257 e. The van der Waals surface area contributed by atoms with Crippen LogP contribution in [0.25, 0.3) is 0 Å². The van der Waals surface area contributed by atoms with Gasteiger partial charge in [-0.1, -0.05) is 30.3 Å². The van der Waals surface area contributed by atoms with Gasteiger partial charge in [0, 0.05) is 25.2 Å². The van der Waals surface area contributed by atoms with E-state index in [0.29, 0.717) is 12.1 Å². The molecule has 0 spiro atoms. The minimum Gasteiger partial charge on any atom is -0.326 e. The van der Waals surface area contributed by atoms with Crippen molar-refractivity contribution < 1.29 is 0 Å². The molecular formula is C12H16N2. The molecule has 2 heteroatoms. The van der Waals surface area contributed by atoms with E-state index in [0.717, 1.165) is 12.5 Å². The Bertz CT molecular complexity index is 322. The molecule has 4 rings (SSSR count). The van der Waals surface area contributed by atoms with Crippen LogP contribution in [0.15, 0.2) is 30.3 Å². The standard InChI is InChI=1S/C12H16N2/c13-12-10-6-11(12)14(8-10)7-9-4-2-1-3-5-9/h1-5,10-12H,6-8,13H2. The molecule has 2 heterocycles. The third kappa shape index (κ3) is 1.18. The molecule has 2 saturated heterocycles. The molecule has 1 aromatic rings. The Hall–Kier alpha value is -0.860. The van der Waals surface area contributed by atoms with Crippen molar-refractivity contribution in [1.29, 1.82) is 0 Å². The molecule has 2 N–H and O–H groups in total. The average Bonchev–Trinajstić information content (AvgIpc) is 2.75. The first-order valence-electron chi connectivity index (χ1n) is 5.38. The van der Waals surface area contributed by atoms with Gasteiger partial charge in [0.15, 0.2) is 0 Å². The van der Waals surface area contributed by atoms with E-state index in [2.05, 4.69) is 35.2 Å². The number of nitrogens with two attached hydrogens (primary N) is 1. The fourth-order valence-electron chi connectivity index (χ4n) is 2.77. The van der Waals surface area contributed by atoms with Crippen molar-refractivity contribution in [2.75, 3.05) is 6.54 Å². The quantitative estimate of drug-likeness (QED) is 0.756. The Balaban J connectivity index is 1.69. The number of fused-ring (bicyclic) bond motifs is 1. The zero-order valence-corrected chi connectivity index (χ0v) is 8.26. The first-order valence-corrected chi connectivity index (χ1v) is 5.38. The minimum absolute atomic E-state index is 0.457. The molecule has 3 unspecified atom stereocenters. The van der Waals surface area contributed by atoms with Crippen LogP contribution in [0.2, 0.25) is 0 Å². The number of benzene rings is 1. The Morgan fingerprint density at radius 3 is 2.64 bits per heavy atom. The van der Waals surface area contributed by atoms with Crippen LogP contribution in [-0.4, -0.2) is 23.5 Å². The largest absolute Gasteiger partial charge is 0.326 e.